The number of aliphatic hydroxyl groups excluding tert-OH is 1. The van der Waals surface area contributed by atoms with Crippen molar-refractivity contribution >= 4 is 11.6 Å². The van der Waals surface area contributed by atoms with Crippen molar-refractivity contribution in [3.8, 4) is 34.0 Å². The Morgan fingerprint density at radius 3 is 1.57 bits per heavy atom. The monoisotopic (exact) mass is 804 g/mol. The molecule has 6 heterocycles. The lowest BCUT2D eigenvalue weighted by molar-refractivity contribution is -0.137. The van der Waals surface area contributed by atoms with Gasteiger partial charge in [0.15, 0.2) is 0 Å². The Kier molecular flexibility index (Phi) is 13.5. The summed E-state index contributed by atoms with van der Waals surface area (Å²) in [5.74, 6) is 1.21. The largest absolute Gasteiger partial charge is 0.507 e. The minimum atomic E-state index is -4.52. The van der Waals surface area contributed by atoms with E-state index in [-0.39, 0.29) is 37.0 Å². The SMILES string of the molecule is C.CCCN1C2CCC(Nc3ccc(-c4c(C)cc(C)cc4O)nn3)C1CC2.Cc1cc(C(F)(F)F)cc(O)c1-c1ccc(NC2CCC3CCC2N3CCO)nn1. The molecule has 14 heteroatoms. The van der Waals surface area contributed by atoms with E-state index >= 15 is 0 Å². The maximum Gasteiger partial charge on any atom is 0.416 e. The highest BCUT2D eigenvalue weighted by Crippen LogP contribution is 2.40. The summed E-state index contributed by atoms with van der Waals surface area (Å²) in [6.45, 7) is 9.76. The molecule has 4 aliphatic rings. The first kappa shape index (κ1) is 43.1. The van der Waals surface area contributed by atoms with E-state index in [0.29, 0.717) is 54.0 Å². The summed E-state index contributed by atoms with van der Waals surface area (Å²) in [4.78, 5) is 5.07. The third-order valence-electron chi connectivity index (χ3n) is 12.4. The Balaban J connectivity index is 0.000000193. The van der Waals surface area contributed by atoms with E-state index in [2.05, 4.69) is 53.8 Å². The number of halogens is 3. The molecule has 2 aromatic heterocycles. The van der Waals surface area contributed by atoms with Gasteiger partial charge in [-0.1, -0.05) is 20.4 Å². The second kappa shape index (κ2) is 18.2. The molecule has 6 atom stereocenters. The average molecular weight is 805 g/mol. The smallest absolute Gasteiger partial charge is 0.416 e. The van der Waals surface area contributed by atoms with Gasteiger partial charge in [-0.25, -0.2) is 0 Å². The van der Waals surface area contributed by atoms with Crippen LogP contribution < -0.4 is 10.6 Å². The molecule has 4 aromatic rings. The van der Waals surface area contributed by atoms with Crippen LogP contribution >= 0.6 is 0 Å². The van der Waals surface area contributed by atoms with E-state index in [4.69, 9.17) is 0 Å². The van der Waals surface area contributed by atoms with E-state index < -0.39 is 17.5 Å². The van der Waals surface area contributed by atoms with Crippen molar-refractivity contribution in [2.24, 2.45) is 0 Å². The summed E-state index contributed by atoms with van der Waals surface area (Å²) in [5.41, 5.74) is 3.49. The zero-order valence-corrected chi connectivity index (χ0v) is 33.2. The van der Waals surface area contributed by atoms with Crippen molar-refractivity contribution in [1.29, 1.82) is 0 Å². The normalized spacial score (nSPS) is 24.1. The zero-order chi connectivity index (χ0) is 40.4. The fourth-order valence-electron chi connectivity index (χ4n) is 9.96. The van der Waals surface area contributed by atoms with E-state index in [1.165, 1.54) is 45.6 Å². The number of aliphatic hydroxyl groups is 1. The van der Waals surface area contributed by atoms with Crippen molar-refractivity contribution in [2.75, 3.05) is 30.3 Å². The van der Waals surface area contributed by atoms with E-state index in [9.17, 15) is 28.5 Å². The van der Waals surface area contributed by atoms with Crippen LogP contribution in [0.15, 0.2) is 48.5 Å². The highest BCUT2D eigenvalue weighted by molar-refractivity contribution is 5.72. The number of anilines is 2. The fraction of sp³-hybridized carbons (Fsp3) is 0.545. The van der Waals surface area contributed by atoms with Crippen molar-refractivity contribution < 1.29 is 28.5 Å². The number of phenolic OH excluding ortho intramolecular Hbond substituents is 2. The molecule has 58 heavy (non-hydrogen) atoms. The molecule has 4 aliphatic heterocycles. The number of fused-ring (bicyclic) bond motifs is 4. The molecular weight excluding hydrogens is 746 g/mol. The highest BCUT2D eigenvalue weighted by Gasteiger charge is 2.43. The predicted molar refractivity (Wildman–Crippen MR) is 222 cm³/mol. The predicted octanol–water partition coefficient (Wildman–Crippen LogP) is 8.50. The summed E-state index contributed by atoms with van der Waals surface area (Å²) >= 11 is 0. The maximum absolute atomic E-state index is 12.9. The molecule has 0 spiro atoms. The molecule has 8 rings (SSSR count). The number of aromatic nitrogens is 4. The van der Waals surface area contributed by atoms with Gasteiger partial charge < -0.3 is 26.0 Å². The Labute approximate surface area is 340 Å². The van der Waals surface area contributed by atoms with Gasteiger partial charge in [0.2, 0.25) is 0 Å². The van der Waals surface area contributed by atoms with Crippen LogP contribution in [0.25, 0.3) is 22.5 Å². The van der Waals surface area contributed by atoms with Gasteiger partial charge in [0.05, 0.1) is 23.6 Å². The molecular formula is C44H59F3N8O3. The molecule has 4 bridgehead atoms. The Bertz CT molecular complexity index is 1950. The third kappa shape index (κ3) is 9.19. The first-order valence-electron chi connectivity index (χ1n) is 20.4. The summed E-state index contributed by atoms with van der Waals surface area (Å²) < 4.78 is 38.8. The average Bonchev–Trinajstić information content (AvgIpc) is 3.60. The maximum atomic E-state index is 12.9. The number of alkyl halides is 3. The number of nitrogens with zero attached hydrogens (tertiary/aromatic N) is 6. The quantitative estimate of drug-likeness (QED) is 0.105. The topological polar surface area (TPSA) is 143 Å². The number of nitrogens with one attached hydrogen (secondary N) is 2. The van der Waals surface area contributed by atoms with Crippen molar-refractivity contribution in [3.05, 3.63) is 70.8 Å². The van der Waals surface area contributed by atoms with Crippen LogP contribution in [0.4, 0.5) is 24.8 Å². The van der Waals surface area contributed by atoms with Crippen LogP contribution in [0.1, 0.15) is 94.4 Å². The molecule has 11 nitrogen and oxygen atoms in total. The second-order valence-electron chi connectivity index (χ2n) is 16.2. The van der Waals surface area contributed by atoms with E-state index in [1.54, 1.807) is 18.2 Å². The van der Waals surface area contributed by atoms with E-state index in [0.717, 1.165) is 60.3 Å². The summed E-state index contributed by atoms with van der Waals surface area (Å²) in [7, 11) is 0. The van der Waals surface area contributed by atoms with Gasteiger partial charge in [-0.15, -0.1) is 20.4 Å². The van der Waals surface area contributed by atoms with Crippen LogP contribution in [0, 0.1) is 20.8 Å². The molecule has 6 unspecified atom stereocenters. The number of phenols is 2. The molecule has 4 fully saturated rings. The van der Waals surface area contributed by atoms with Gasteiger partial charge in [-0.2, -0.15) is 13.2 Å². The molecule has 0 saturated carbocycles. The number of rotatable bonds is 10. The molecule has 2 aromatic carbocycles. The number of aryl methyl sites for hydroxylation is 3. The van der Waals surface area contributed by atoms with Gasteiger partial charge in [-0.05, 0) is 144 Å². The van der Waals surface area contributed by atoms with Crippen molar-refractivity contribution in [2.45, 2.75) is 135 Å². The van der Waals surface area contributed by atoms with Crippen LogP contribution in [0.3, 0.4) is 0 Å². The Morgan fingerprint density at radius 2 is 1.14 bits per heavy atom. The van der Waals surface area contributed by atoms with Crippen LogP contribution in [-0.2, 0) is 6.18 Å². The molecule has 0 radical (unpaired) electrons. The van der Waals surface area contributed by atoms with Crippen molar-refractivity contribution in [1.82, 2.24) is 30.2 Å². The fourth-order valence-corrected chi connectivity index (χ4v) is 9.96. The lowest BCUT2D eigenvalue weighted by Crippen LogP contribution is -2.51. The lowest BCUT2D eigenvalue weighted by atomic mass is 9.97. The number of piperidine rings is 2. The first-order chi connectivity index (χ1) is 27.3. The lowest BCUT2D eigenvalue weighted by Gasteiger charge is -2.40. The molecule has 4 saturated heterocycles. The van der Waals surface area contributed by atoms with Gasteiger partial charge in [0, 0.05) is 53.9 Å². The van der Waals surface area contributed by atoms with Gasteiger partial charge >= 0.3 is 6.18 Å². The Hall–Kier alpha value is -4.53. The minimum Gasteiger partial charge on any atom is -0.507 e. The highest BCUT2D eigenvalue weighted by atomic mass is 19.4. The van der Waals surface area contributed by atoms with Crippen LogP contribution in [-0.4, -0.2) is 101 Å². The van der Waals surface area contributed by atoms with E-state index in [1.807, 2.05) is 26.0 Å². The molecule has 0 aliphatic carbocycles. The van der Waals surface area contributed by atoms with Crippen LogP contribution in [0.5, 0.6) is 11.5 Å². The third-order valence-corrected chi connectivity index (χ3v) is 12.4. The molecule has 5 N–H and O–H groups in total. The minimum absolute atomic E-state index is 0. The van der Waals surface area contributed by atoms with Crippen molar-refractivity contribution in [3.63, 3.8) is 0 Å². The Morgan fingerprint density at radius 1 is 0.655 bits per heavy atom. The van der Waals surface area contributed by atoms with Gasteiger partial charge in [0.25, 0.3) is 0 Å². The number of benzene rings is 2. The number of hydrogen-bond donors (Lipinski definition) is 5. The number of hydrogen-bond acceptors (Lipinski definition) is 11. The van der Waals surface area contributed by atoms with Crippen LogP contribution in [0.2, 0.25) is 0 Å². The summed E-state index contributed by atoms with van der Waals surface area (Å²) in [6, 6.07) is 15.8. The molecule has 0 amide bonds. The van der Waals surface area contributed by atoms with Gasteiger partial charge in [-0.3, -0.25) is 9.80 Å². The molecule has 314 valence electrons. The zero-order valence-electron chi connectivity index (χ0n) is 33.2. The second-order valence-corrected chi connectivity index (χ2v) is 16.2. The first-order valence-corrected chi connectivity index (χ1v) is 20.4. The summed E-state index contributed by atoms with van der Waals surface area (Å²) in [6.07, 6.45) is 6.08. The standard InChI is InChI=1S/C22H30N4O.C21H25F3N4O2.CH4/c1-4-11-26-16-5-7-17(19(26)9-6-16)23-21-10-8-18(24-25-21)22-15(3)12-14(2)13-20(22)27;1-12-10-13(21(22,23)24)11-18(30)20(12)16-5-7-19(27-26-16)25-15-4-2-14-3-6-17(15)28(14)8-9-29;/h8,10,12-13,16-17,19,27H,4-7,9,11H2,1-3H3,(H,23,25);5,7,10-11,14-15,17,29-30H,2-4,6,8-9H2,1H3,(H,25,27);1H4. The number of aromatic hydroxyl groups is 2. The summed E-state index contributed by atoms with van der Waals surface area (Å²) in [5, 5.41) is 54.0. The van der Waals surface area contributed by atoms with Gasteiger partial charge in [0.1, 0.15) is 23.1 Å².